The summed E-state index contributed by atoms with van der Waals surface area (Å²) in [6, 6.07) is 11.9. The van der Waals surface area contributed by atoms with Gasteiger partial charge in [-0.15, -0.1) is 0 Å². The Morgan fingerprint density at radius 3 is 2.36 bits per heavy atom. The largest absolute Gasteiger partial charge is 0.493 e. The van der Waals surface area contributed by atoms with Gasteiger partial charge < -0.3 is 19.5 Å². The lowest BCUT2D eigenvalue weighted by molar-refractivity contribution is -0.111. The third kappa shape index (κ3) is 4.60. The number of nitrogens with one attached hydrogen (secondary N) is 1. The second kappa shape index (κ2) is 8.54. The molecule has 0 radical (unpaired) electrons. The normalized spacial score (nSPS) is 10.4. The molecule has 0 unspecified atom stereocenters. The lowest BCUT2D eigenvalue weighted by Crippen LogP contribution is -2.12. The highest BCUT2D eigenvalue weighted by Crippen LogP contribution is 2.28. The van der Waals surface area contributed by atoms with E-state index in [0.717, 1.165) is 5.56 Å². The van der Waals surface area contributed by atoms with E-state index in [1.807, 2.05) is 0 Å². The zero-order valence-electron chi connectivity index (χ0n) is 14.2. The number of para-hydroxylation sites is 1. The summed E-state index contributed by atoms with van der Waals surface area (Å²) < 4.78 is 15.1. The standard InChI is InChI=1S/C19H19NO5/c1-23-16-10-8-13(12-17(16)24-2)9-11-18(21)20-15-7-5-4-6-14(15)19(22)25-3/h4-12H,1-3H3,(H,20,21)/b11-9-. The molecular formula is C19H19NO5. The average Bonchev–Trinajstić information content (AvgIpc) is 2.65. The van der Waals surface area contributed by atoms with Crippen molar-refractivity contribution in [2.24, 2.45) is 0 Å². The first-order valence-electron chi connectivity index (χ1n) is 7.47. The Hall–Kier alpha value is -3.28. The maximum atomic E-state index is 12.1. The Labute approximate surface area is 146 Å². The summed E-state index contributed by atoms with van der Waals surface area (Å²) in [5, 5.41) is 2.66. The molecule has 0 spiro atoms. The van der Waals surface area contributed by atoms with E-state index in [9.17, 15) is 9.59 Å². The minimum absolute atomic E-state index is 0.290. The van der Waals surface area contributed by atoms with Crippen molar-refractivity contribution in [2.75, 3.05) is 26.6 Å². The molecule has 1 N–H and O–H groups in total. The van der Waals surface area contributed by atoms with Crippen molar-refractivity contribution >= 4 is 23.6 Å². The molecule has 25 heavy (non-hydrogen) atoms. The van der Waals surface area contributed by atoms with Crippen molar-refractivity contribution in [3.05, 3.63) is 59.7 Å². The van der Waals surface area contributed by atoms with Gasteiger partial charge in [-0.05, 0) is 35.9 Å². The molecule has 1 amide bonds. The summed E-state index contributed by atoms with van der Waals surface area (Å²) in [5.41, 5.74) is 1.45. The van der Waals surface area contributed by atoms with Gasteiger partial charge in [0.15, 0.2) is 11.5 Å². The lowest BCUT2D eigenvalue weighted by Gasteiger charge is -2.08. The minimum Gasteiger partial charge on any atom is -0.493 e. The second-order valence-corrected chi connectivity index (χ2v) is 4.97. The molecule has 0 fully saturated rings. The van der Waals surface area contributed by atoms with E-state index in [1.165, 1.54) is 13.2 Å². The van der Waals surface area contributed by atoms with E-state index in [4.69, 9.17) is 14.2 Å². The summed E-state index contributed by atoms with van der Waals surface area (Å²) in [7, 11) is 4.39. The number of hydrogen-bond acceptors (Lipinski definition) is 5. The third-order valence-corrected chi connectivity index (χ3v) is 3.42. The first-order chi connectivity index (χ1) is 12.1. The molecule has 6 heteroatoms. The molecular weight excluding hydrogens is 322 g/mol. The molecule has 0 heterocycles. The Morgan fingerprint density at radius 2 is 1.68 bits per heavy atom. The molecule has 0 aliphatic rings. The molecule has 6 nitrogen and oxygen atoms in total. The van der Waals surface area contributed by atoms with E-state index in [0.29, 0.717) is 17.2 Å². The fraction of sp³-hybridized carbons (Fsp3) is 0.158. The fourth-order valence-electron chi connectivity index (χ4n) is 2.18. The van der Waals surface area contributed by atoms with Gasteiger partial charge in [-0.3, -0.25) is 4.79 Å². The number of esters is 1. The van der Waals surface area contributed by atoms with Gasteiger partial charge in [0.2, 0.25) is 5.91 Å². The Morgan fingerprint density at radius 1 is 0.960 bits per heavy atom. The molecule has 0 saturated carbocycles. The van der Waals surface area contributed by atoms with Crippen LogP contribution in [0, 0.1) is 0 Å². The highest BCUT2D eigenvalue weighted by molar-refractivity contribution is 6.06. The van der Waals surface area contributed by atoms with E-state index in [1.54, 1.807) is 62.8 Å². The number of hydrogen-bond donors (Lipinski definition) is 1. The molecule has 0 atom stereocenters. The van der Waals surface area contributed by atoms with Crippen LogP contribution >= 0.6 is 0 Å². The van der Waals surface area contributed by atoms with E-state index >= 15 is 0 Å². The first-order valence-corrected chi connectivity index (χ1v) is 7.47. The van der Waals surface area contributed by atoms with Crippen LogP contribution in [0.5, 0.6) is 11.5 Å². The highest BCUT2D eigenvalue weighted by Gasteiger charge is 2.12. The fourth-order valence-corrected chi connectivity index (χ4v) is 2.18. The third-order valence-electron chi connectivity index (χ3n) is 3.42. The van der Waals surface area contributed by atoms with Crippen LogP contribution < -0.4 is 14.8 Å². The first kappa shape index (κ1) is 18.1. The zero-order chi connectivity index (χ0) is 18.2. The van der Waals surface area contributed by atoms with Crippen molar-refractivity contribution in [2.45, 2.75) is 0 Å². The van der Waals surface area contributed by atoms with Crippen LogP contribution in [0.3, 0.4) is 0 Å². The number of rotatable bonds is 6. The second-order valence-electron chi connectivity index (χ2n) is 4.97. The van der Waals surface area contributed by atoms with Gasteiger partial charge in [0.05, 0.1) is 32.6 Å². The lowest BCUT2D eigenvalue weighted by atomic mass is 10.1. The van der Waals surface area contributed by atoms with Crippen molar-refractivity contribution in [3.63, 3.8) is 0 Å². The van der Waals surface area contributed by atoms with Crippen molar-refractivity contribution in [3.8, 4) is 11.5 Å². The summed E-state index contributed by atoms with van der Waals surface area (Å²) in [6.07, 6.45) is 3.01. The SMILES string of the molecule is COC(=O)c1ccccc1NC(=O)/C=C\c1ccc(OC)c(OC)c1. The number of carbonyl (C=O) groups is 2. The van der Waals surface area contributed by atoms with Crippen molar-refractivity contribution < 1.29 is 23.8 Å². The van der Waals surface area contributed by atoms with Gasteiger partial charge in [0.25, 0.3) is 0 Å². The number of anilines is 1. The summed E-state index contributed by atoms with van der Waals surface area (Å²) in [4.78, 5) is 23.8. The molecule has 0 aliphatic carbocycles. The molecule has 0 aromatic heterocycles. The van der Waals surface area contributed by atoms with Gasteiger partial charge in [0.1, 0.15) is 0 Å². The molecule has 0 bridgehead atoms. The maximum absolute atomic E-state index is 12.1. The quantitative estimate of drug-likeness (QED) is 0.645. The number of amides is 1. The Bertz CT molecular complexity index is 798. The van der Waals surface area contributed by atoms with Gasteiger partial charge >= 0.3 is 5.97 Å². The van der Waals surface area contributed by atoms with Crippen LogP contribution in [0.4, 0.5) is 5.69 Å². The summed E-state index contributed by atoms with van der Waals surface area (Å²) in [5.74, 6) is 0.295. The molecule has 2 rings (SSSR count). The predicted octanol–water partition coefficient (Wildman–Crippen LogP) is 3.14. The van der Waals surface area contributed by atoms with Crippen LogP contribution in [-0.2, 0) is 9.53 Å². The zero-order valence-corrected chi connectivity index (χ0v) is 14.2. The summed E-state index contributed by atoms with van der Waals surface area (Å²) >= 11 is 0. The van der Waals surface area contributed by atoms with Crippen LogP contribution in [-0.4, -0.2) is 33.2 Å². The van der Waals surface area contributed by atoms with E-state index in [-0.39, 0.29) is 11.5 Å². The average molecular weight is 341 g/mol. The predicted molar refractivity (Wildman–Crippen MR) is 95.0 cm³/mol. The number of carbonyl (C=O) groups excluding carboxylic acids is 2. The number of benzene rings is 2. The van der Waals surface area contributed by atoms with Gasteiger partial charge in [0, 0.05) is 6.08 Å². The van der Waals surface area contributed by atoms with Crippen molar-refractivity contribution in [1.82, 2.24) is 0 Å². The molecule has 0 aliphatic heterocycles. The van der Waals surface area contributed by atoms with Crippen molar-refractivity contribution in [1.29, 1.82) is 0 Å². The van der Waals surface area contributed by atoms with E-state index in [2.05, 4.69) is 5.32 Å². The molecule has 0 saturated heterocycles. The monoisotopic (exact) mass is 341 g/mol. The topological polar surface area (TPSA) is 73.9 Å². The van der Waals surface area contributed by atoms with Crippen LogP contribution in [0.15, 0.2) is 48.5 Å². The van der Waals surface area contributed by atoms with E-state index < -0.39 is 5.97 Å². The minimum atomic E-state index is -0.514. The Kier molecular flexibility index (Phi) is 6.17. The van der Waals surface area contributed by atoms with Crippen LogP contribution in [0.25, 0.3) is 6.08 Å². The van der Waals surface area contributed by atoms with Gasteiger partial charge in [-0.1, -0.05) is 18.2 Å². The Balaban J connectivity index is 2.13. The van der Waals surface area contributed by atoms with Gasteiger partial charge in [-0.2, -0.15) is 0 Å². The van der Waals surface area contributed by atoms with Crippen LogP contribution in [0.2, 0.25) is 0 Å². The molecule has 130 valence electrons. The highest BCUT2D eigenvalue weighted by atomic mass is 16.5. The van der Waals surface area contributed by atoms with Gasteiger partial charge in [-0.25, -0.2) is 4.79 Å². The van der Waals surface area contributed by atoms with Crippen LogP contribution in [0.1, 0.15) is 15.9 Å². The number of methoxy groups -OCH3 is 3. The molecule has 2 aromatic rings. The number of ether oxygens (including phenoxy) is 3. The molecule has 2 aromatic carbocycles. The maximum Gasteiger partial charge on any atom is 0.339 e. The summed E-state index contributed by atoms with van der Waals surface area (Å²) in [6.45, 7) is 0. The smallest absolute Gasteiger partial charge is 0.339 e.